The molecular weight excluding hydrogens is 196 g/mol. The van der Waals surface area contributed by atoms with E-state index in [0.717, 1.165) is 23.0 Å². The van der Waals surface area contributed by atoms with Crippen molar-refractivity contribution in [2.24, 2.45) is 0 Å². The largest absolute Gasteiger partial charge is 0.348 e. The highest BCUT2D eigenvalue weighted by Gasteiger charge is 2.36. The Labute approximate surface area is 86.5 Å². The molecule has 72 valence electrons. The number of hydrogen-bond donors (Lipinski definition) is 1. The lowest BCUT2D eigenvalue weighted by Crippen LogP contribution is -2.45. The van der Waals surface area contributed by atoms with E-state index in [9.17, 15) is 4.79 Å². The molecule has 3 rings (SSSR count). The van der Waals surface area contributed by atoms with Gasteiger partial charge in [-0.1, -0.05) is 12.1 Å². The van der Waals surface area contributed by atoms with E-state index in [1.54, 1.807) is 0 Å². The molecule has 1 atom stereocenters. The third kappa shape index (κ3) is 1.04. The second-order valence-corrected chi connectivity index (χ2v) is 4.49. The average molecular weight is 206 g/mol. The van der Waals surface area contributed by atoms with Crippen molar-refractivity contribution in [2.75, 3.05) is 21.8 Å². The molecular formula is C10H10N2OS. The van der Waals surface area contributed by atoms with E-state index in [2.05, 4.69) is 16.3 Å². The van der Waals surface area contributed by atoms with Gasteiger partial charge in [-0.25, -0.2) is 0 Å². The van der Waals surface area contributed by atoms with Crippen LogP contribution in [-0.4, -0.2) is 23.6 Å². The molecule has 0 saturated carbocycles. The molecule has 1 saturated heterocycles. The predicted octanol–water partition coefficient (Wildman–Crippen LogP) is 1.52. The van der Waals surface area contributed by atoms with Gasteiger partial charge < -0.3 is 10.2 Å². The van der Waals surface area contributed by atoms with Gasteiger partial charge in [-0.05, 0) is 12.1 Å². The fraction of sp³-hybridized carbons (Fsp3) is 0.300. The minimum absolute atomic E-state index is 0.0369. The van der Waals surface area contributed by atoms with Crippen LogP contribution in [0.15, 0.2) is 24.3 Å². The first-order valence-corrected chi connectivity index (χ1v) is 5.76. The van der Waals surface area contributed by atoms with Crippen LogP contribution in [0, 0.1) is 0 Å². The summed E-state index contributed by atoms with van der Waals surface area (Å²) >= 11 is 1.81. The number of rotatable bonds is 0. The van der Waals surface area contributed by atoms with Crippen molar-refractivity contribution in [1.29, 1.82) is 0 Å². The SMILES string of the molecule is O=C1Nc2ccccc2N2CSCC12. The molecule has 1 amide bonds. The second-order valence-electron chi connectivity index (χ2n) is 3.49. The number of nitrogens with zero attached hydrogens (tertiary/aromatic N) is 1. The molecule has 1 aromatic carbocycles. The van der Waals surface area contributed by atoms with Crippen molar-refractivity contribution in [1.82, 2.24) is 0 Å². The summed E-state index contributed by atoms with van der Waals surface area (Å²) in [7, 11) is 0. The summed E-state index contributed by atoms with van der Waals surface area (Å²) in [4.78, 5) is 13.9. The highest BCUT2D eigenvalue weighted by atomic mass is 32.2. The van der Waals surface area contributed by atoms with Crippen LogP contribution in [-0.2, 0) is 4.79 Å². The number of benzene rings is 1. The minimum Gasteiger partial charge on any atom is -0.348 e. The van der Waals surface area contributed by atoms with Crippen molar-refractivity contribution in [2.45, 2.75) is 6.04 Å². The van der Waals surface area contributed by atoms with E-state index in [0.29, 0.717) is 0 Å². The van der Waals surface area contributed by atoms with E-state index in [1.807, 2.05) is 30.0 Å². The van der Waals surface area contributed by atoms with Gasteiger partial charge in [-0.3, -0.25) is 4.79 Å². The lowest BCUT2D eigenvalue weighted by molar-refractivity contribution is -0.117. The monoisotopic (exact) mass is 206 g/mol. The Morgan fingerprint density at radius 1 is 1.43 bits per heavy atom. The van der Waals surface area contributed by atoms with Crippen LogP contribution in [0.4, 0.5) is 11.4 Å². The highest BCUT2D eigenvalue weighted by molar-refractivity contribution is 7.99. The van der Waals surface area contributed by atoms with Crippen LogP contribution >= 0.6 is 11.8 Å². The van der Waals surface area contributed by atoms with Gasteiger partial charge in [0.25, 0.3) is 0 Å². The Kier molecular flexibility index (Phi) is 1.70. The van der Waals surface area contributed by atoms with Crippen molar-refractivity contribution in [3.8, 4) is 0 Å². The molecule has 1 unspecified atom stereocenters. The van der Waals surface area contributed by atoms with E-state index in [4.69, 9.17) is 0 Å². The van der Waals surface area contributed by atoms with Crippen LogP contribution in [0.5, 0.6) is 0 Å². The number of carbonyl (C=O) groups is 1. The van der Waals surface area contributed by atoms with Crippen molar-refractivity contribution in [3.05, 3.63) is 24.3 Å². The molecule has 0 bridgehead atoms. The van der Waals surface area contributed by atoms with E-state index in [1.165, 1.54) is 0 Å². The van der Waals surface area contributed by atoms with Gasteiger partial charge in [0.2, 0.25) is 5.91 Å². The van der Waals surface area contributed by atoms with Gasteiger partial charge in [-0.2, -0.15) is 0 Å². The predicted molar refractivity (Wildman–Crippen MR) is 58.7 cm³/mol. The smallest absolute Gasteiger partial charge is 0.248 e. The van der Waals surface area contributed by atoms with Crippen LogP contribution in [0.3, 0.4) is 0 Å². The molecule has 1 N–H and O–H groups in total. The number of carbonyl (C=O) groups excluding carboxylic acids is 1. The molecule has 2 heterocycles. The van der Waals surface area contributed by atoms with Crippen LogP contribution in [0.1, 0.15) is 0 Å². The van der Waals surface area contributed by atoms with Crippen LogP contribution in [0.25, 0.3) is 0 Å². The third-order valence-corrected chi connectivity index (χ3v) is 3.67. The lowest BCUT2D eigenvalue weighted by atomic mass is 10.1. The molecule has 0 spiro atoms. The second kappa shape index (κ2) is 2.92. The Morgan fingerprint density at radius 2 is 2.29 bits per heavy atom. The Hall–Kier alpha value is -1.16. The fourth-order valence-corrected chi connectivity index (χ4v) is 3.12. The Morgan fingerprint density at radius 3 is 3.21 bits per heavy atom. The van der Waals surface area contributed by atoms with Gasteiger partial charge in [0.15, 0.2) is 0 Å². The van der Waals surface area contributed by atoms with Crippen molar-refractivity contribution < 1.29 is 4.79 Å². The summed E-state index contributed by atoms with van der Waals surface area (Å²) in [5.74, 6) is 1.96. The molecule has 2 aliphatic heterocycles. The number of hydrogen-bond acceptors (Lipinski definition) is 3. The molecule has 0 aromatic heterocycles. The molecule has 1 fully saturated rings. The normalized spacial score (nSPS) is 24.1. The quantitative estimate of drug-likeness (QED) is 0.698. The van der Waals surface area contributed by atoms with E-state index < -0.39 is 0 Å². The Bertz CT molecular complexity index is 393. The summed E-state index contributed by atoms with van der Waals surface area (Å²) in [6.45, 7) is 0. The number of nitrogens with one attached hydrogen (secondary N) is 1. The molecule has 0 radical (unpaired) electrons. The van der Waals surface area contributed by atoms with Gasteiger partial charge >= 0.3 is 0 Å². The Balaban J connectivity index is 2.11. The first-order chi connectivity index (χ1) is 6.86. The number of amides is 1. The molecule has 14 heavy (non-hydrogen) atoms. The van der Waals surface area contributed by atoms with Gasteiger partial charge in [0.1, 0.15) is 6.04 Å². The summed E-state index contributed by atoms with van der Waals surface area (Å²) in [6, 6.07) is 8.01. The summed E-state index contributed by atoms with van der Waals surface area (Å²) < 4.78 is 0. The topological polar surface area (TPSA) is 32.3 Å². The van der Waals surface area contributed by atoms with Crippen molar-refractivity contribution >= 4 is 29.0 Å². The third-order valence-electron chi connectivity index (χ3n) is 2.66. The van der Waals surface area contributed by atoms with E-state index in [-0.39, 0.29) is 11.9 Å². The van der Waals surface area contributed by atoms with Gasteiger partial charge in [-0.15, -0.1) is 11.8 Å². The van der Waals surface area contributed by atoms with Gasteiger partial charge in [0.05, 0.1) is 17.3 Å². The summed E-state index contributed by atoms with van der Waals surface area (Å²) in [5.41, 5.74) is 2.10. The first-order valence-electron chi connectivity index (χ1n) is 4.60. The molecule has 0 aliphatic carbocycles. The van der Waals surface area contributed by atoms with Crippen LogP contribution in [0.2, 0.25) is 0 Å². The maximum absolute atomic E-state index is 11.7. The summed E-state index contributed by atoms with van der Waals surface area (Å²) in [5, 5.41) is 2.94. The maximum atomic E-state index is 11.7. The molecule has 1 aromatic rings. The average Bonchev–Trinajstić information content (AvgIpc) is 2.67. The molecule has 3 nitrogen and oxygen atoms in total. The van der Waals surface area contributed by atoms with E-state index >= 15 is 0 Å². The first kappa shape index (κ1) is 8.17. The fourth-order valence-electron chi connectivity index (χ4n) is 1.94. The zero-order valence-corrected chi connectivity index (χ0v) is 8.38. The van der Waals surface area contributed by atoms with Crippen molar-refractivity contribution in [3.63, 3.8) is 0 Å². The molecule has 4 heteroatoms. The number of thioether (sulfide) groups is 1. The standard InChI is InChI=1S/C10H10N2OS/c13-10-9-5-14-6-12(9)8-4-2-1-3-7(8)11-10/h1-4,9H,5-6H2,(H,11,13). The molecule has 2 aliphatic rings. The minimum atomic E-state index is 0.0369. The highest BCUT2D eigenvalue weighted by Crippen LogP contribution is 2.37. The van der Waals surface area contributed by atoms with Crippen LogP contribution < -0.4 is 10.2 Å². The number of anilines is 2. The number of para-hydroxylation sites is 2. The zero-order chi connectivity index (χ0) is 9.54. The maximum Gasteiger partial charge on any atom is 0.248 e. The van der Waals surface area contributed by atoms with Gasteiger partial charge in [0, 0.05) is 5.75 Å². The lowest BCUT2D eigenvalue weighted by Gasteiger charge is -2.31. The summed E-state index contributed by atoms with van der Waals surface area (Å²) in [6.07, 6.45) is 0. The number of fused-ring (bicyclic) bond motifs is 3. The zero-order valence-electron chi connectivity index (χ0n) is 7.56.